The second-order valence-electron chi connectivity index (χ2n) is 2.48. The lowest BCUT2D eigenvalue weighted by Gasteiger charge is -1.99. The summed E-state index contributed by atoms with van der Waals surface area (Å²) >= 11 is 7.23. The Morgan fingerprint density at radius 2 is 2.54 bits per heavy atom. The summed E-state index contributed by atoms with van der Waals surface area (Å²) in [5.41, 5.74) is 0.407. The number of rotatable bonds is 3. The van der Waals surface area contributed by atoms with Crippen molar-refractivity contribution in [3.63, 3.8) is 0 Å². The quantitative estimate of drug-likeness (QED) is 0.795. The molecule has 1 aromatic heterocycles. The van der Waals surface area contributed by atoms with Crippen molar-refractivity contribution in [3.8, 4) is 0 Å². The highest BCUT2D eigenvalue weighted by Crippen LogP contribution is 2.13. The number of aromatic nitrogens is 2. The molecule has 0 bridgehead atoms. The number of hydrogen-bond acceptors (Lipinski definition) is 3. The van der Waals surface area contributed by atoms with Crippen molar-refractivity contribution in [1.29, 1.82) is 0 Å². The molecular weight excluding hydrogens is 254 g/mol. The maximum Gasteiger partial charge on any atom is 0.272 e. The van der Waals surface area contributed by atoms with Crippen molar-refractivity contribution >= 4 is 34.5 Å². The standard InChI is InChI=1S/C7H10BrN3OS/c1-11-4-5(8)6(10-11)7(12)9-2-3-13/h4,13H,2-3H2,1H3,(H,9,12). The van der Waals surface area contributed by atoms with Crippen LogP contribution >= 0.6 is 28.6 Å². The van der Waals surface area contributed by atoms with Gasteiger partial charge in [-0.2, -0.15) is 17.7 Å². The third-order valence-corrected chi connectivity index (χ3v) is 2.20. The molecule has 0 atom stereocenters. The Labute approximate surface area is 90.2 Å². The number of amides is 1. The van der Waals surface area contributed by atoms with E-state index in [2.05, 4.69) is 39.0 Å². The number of carbonyl (C=O) groups excluding carboxylic acids is 1. The Kier molecular flexibility index (Phi) is 3.80. The zero-order valence-electron chi connectivity index (χ0n) is 7.12. The number of carbonyl (C=O) groups is 1. The largest absolute Gasteiger partial charge is 0.350 e. The van der Waals surface area contributed by atoms with Gasteiger partial charge in [0.15, 0.2) is 5.69 Å². The monoisotopic (exact) mass is 263 g/mol. The zero-order chi connectivity index (χ0) is 9.84. The molecule has 6 heteroatoms. The van der Waals surface area contributed by atoms with Crippen LogP contribution in [0.5, 0.6) is 0 Å². The molecule has 13 heavy (non-hydrogen) atoms. The minimum atomic E-state index is -0.179. The topological polar surface area (TPSA) is 46.9 Å². The van der Waals surface area contributed by atoms with Crippen LogP contribution in [0, 0.1) is 0 Å². The third kappa shape index (κ3) is 2.73. The van der Waals surface area contributed by atoms with Crippen molar-refractivity contribution in [2.75, 3.05) is 12.3 Å². The summed E-state index contributed by atoms with van der Waals surface area (Å²) in [6, 6.07) is 0. The second-order valence-corrected chi connectivity index (χ2v) is 3.78. The van der Waals surface area contributed by atoms with Crippen LogP contribution in [0.25, 0.3) is 0 Å². The molecule has 72 valence electrons. The lowest BCUT2D eigenvalue weighted by atomic mass is 10.4. The summed E-state index contributed by atoms with van der Waals surface area (Å²) in [7, 11) is 1.76. The SMILES string of the molecule is Cn1cc(Br)c(C(=O)NCCS)n1. The van der Waals surface area contributed by atoms with E-state index in [1.807, 2.05) is 0 Å². The van der Waals surface area contributed by atoms with Gasteiger partial charge in [-0.25, -0.2) is 0 Å². The van der Waals surface area contributed by atoms with Gasteiger partial charge in [-0.15, -0.1) is 0 Å². The second kappa shape index (κ2) is 4.66. The molecule has 1 N–H and O–H groups in total. The first-order valence-corrected chi connectivity index (χ1v) is 5.16. The van der Waals surface area contributed by atoms with Crippen LogP contribution < -0.4 is 5.32 Å². The van der Waals surface area contributed by atoms with Gasteiger partial charge in [-0.3, -0.25) is 9.48 Å². The van der Waals surface area contributed by atoms with Crippen LogP contribution in [0.1, 0.15) is 10.5 Å². The van der Waals surface area contributed by atoms with E-state index in [0.717, 1.165) is 0 Å². The van der Waals surface area contributed by atoms with E-state index in [4.69, 9.17) is 0 Å². The van der Waals surface area contributed by atoms with Crippen molar-refractivity contribution in [2.24, 2.45) is 7.05 Å². The maximum absolute atomic E-state index is 11.4. The van der Waals surface area contributed by atoms with Gasteiger partial charge < -0.3 is 5.32 Å². The van der Waals surface area contributed by atoms with Crippen LogP contribution in [0.3, 0.4) is 0 Å². The molecule has 0 spiro atoms. The first-order valence-electron chi connectivity index (χ1n) is 3.73. The van der Waals surface area contributed by atoms with Crippen molar-refractivity contribution < 1.29 is 4.79 Å². The fourth-order valence-electron chi connectivity index (χ4n) is 0.867. The van der Waals surface area contributed by atoms with Gasteiger partial charge in [-0.1, -0.05) is 0 Å². The molecule has 4 nitrogen and oxygen atoms in total. The lowest BCUT2D eigenvalue weighted by Crippen LogP contribution is -2.26. The minimum Gasteiger partial charge on any atom is -0.350 e. The summed E-state index contributed by atoms with van der Waals surface area (Å²) < 4.78 is 2.28. The van der Waals surface area contributed by atoms with Crippen LogP contribution in [-0.4, -0.2) is 28.0 Å². The molecule has 0 aromatic carbocycles. The molecule has 0 radical (unpaired) electrons. The van der Waals surface area contributed by atoms with Gasteiger partial charge >= 0.3 is 0 Å². The van der Waals surface area contributed by atoms with Gasteiger partial charge in [0, 0.05) is 25.5 Å². The van der Waals surface area contributed by atoms with Gasteiger partial charge in [0.25, 0.3) is 5.91 Å². The molecule has 0 aliphatic heterocycles. The summed E-state index contributed by atoms with van der Waals surface area (Å²) in [6.07, 6.45) is 1.73. The molecule has 0 aliphatic rings. The predicted molar refractivity (Wildman–Crippen MR) is 57.1 cm³/mol. The average Bonchev–Trinajstić information content (AvgIpc) is 2.41. The van der Waals surface area contributed by atoms with E-state index >= 15 is 0 Å². The molecule has 0 saturated carbocycles. The number of hydrogen-bond donors (Lipinski definition) is 2. The van der Waals surface area contributed by atoms with E-state index in [9.17, 15) is 4.79 Å². The fourth-order valence-corrected chi connectivity index (χ4v) is 1.53. The number of aryl methyl sites for hydroxylation is 1. The Bertz CT molecular complexity index is 313. The smallest absolute Gasteiger partial charge is 0.272 e. The molecule has 0 aliphatic carbocycles. The normalized spacial score (nSPS) is 10.1. The van der Waals surface area contributed by atoms with E-state index in [-0.39, 0.29) is 5.91 Å². The van der Waals surface area contributed by atoms with E-state index < -0.39 is 0 Å². The highest BCUT2D eigenvalue weighted by Gasteiger charge is 2.12. The number of thiol groups is 1. The summed E-state index contributed by atoms with van der Waals surface area (Å²) in [4.78, 5) is 11.4. The molecule has 1 amide bonds. The van der Waals surface area contributed by atoms with Crippen LogP contribution in [0.4, 0.5) is 0 Å². The number of halogens is 1. The van der Waals surface area contributed by atoms with Crippen LogP contribution in [0.15, 0.2) is 10.7 Å². The molecule has 0 fully saturated rings. The third-order valence-electron chi connectivity index (χ3n) is 1.40. The minimum absolute atomic E-state index is 0.179. The Morgan fingerprint density at radius 3 is 3.00 bits per heavy atom. The van der Waals surface area contributed by atoms with Crippen molar-refractivity contribution in [3.05, 3.63) is 16.4 Å². The molecule has 1 aromatic rings. The highest BCUT2D eigenvalue weighted by molar-refractivity contribution is 9.10. The Hall–Kier alpha value is -0.490. The van der Waals surface area contributed by atoms with Gasteiger partial charge in [-0.05, 0) is 15.9 Å². The van der Waals surface area contributed by atoms with Crippen molar-refractivity contribution in [1.82, 2.24) is 15.1 Å². The zero-order valence-corrected chi connectivity index (χ0v) is 9.60. The predicted octanol–water partition coefficient (Wildman–Crippen LogP) is 0.842. The van der Waals surface area contributed by atoms with Gasteiger partial charge in [0.2, 0.25) is 0 Å². The number of nitrogens with one attached hydrogen (secondary N) is 1. The van der Waals surface area contributed by atoms with E-state index in [1.165, 1.54) is 0 Å². The first-order chi connectivity index (χ1) is 6.15. The first kappa shape index (κ1) is 10.6. The maximum atomic E-state index is 11.4. The molecule has 1 rings (SSSR count). The number of nitrogens with zero attached hydrogens (tertiary/aromatic N) is 2. The molecular formula is C7H10BrN3OS. The van der Waals surface area contributed by atoms with Gasteiger partial charge in [0.05, 0.1) is 4.47 Å². The highest BCUT2D eigenvalue weighted by atomic mass is 79.9. The summed E-state index contributed by atoms with van der Waals surface area (Å²) in [5.74, 6) is 0.442. The molecule has 0 unspecified atom stereocenters. The van der Waals surface area contributed by atoms with E-state index in [0.29, 0.717) is 22.5 Å². The molecule has 0 saturated heterocycles. The lowest BCUT2D eigenvalue weighted by molar-refractivity contribution is 0.0950. The summed E-state index contributed by atoms with van der Waals surface area (Å²) in [6.45, 7) is 0.547. The van der Waals surface area contributed by atoms with Crippen LogP contribution in [0.2, 0.25) is 0 Å². The van der Waals surface area contributed by atoms with Gasteiger partial charge in [0.1, 0.15) is 0 Å². The molecule has 1 heterocycles. The van der Waals surface area contributed by atoms with Crippen molar-refractivity contribution in [2.45, 2.75) is 0 Å². The average molecular weight is 264 g/mol. The Morgan fingerprint density at radius 1 is 1.85 bits per heavy atom. The van der Waals surface area contributed by atoms with E-state index in [1.54, 1.807) is 17.9 Å². The van der Waals surface area contributed by atoms with Crippen LogP contribution in [-0.2, 0) is 7.05 Å². The fraction of sp³-hybridized carbons (Fsp3) is 0.429. The summed E-state index contributed by atoms with van der Waals surface area (Å²) in [5, 5.41) is 6.68. The Balaban J connectivity index is 2.70.